The van der Waals surface area contributed by atoms with E-state index >= 15 is 0 Å². The molecule has 2 heterocycles. The third-order valence-corrected chi connectivity index (χ3v) is 8.74. The minimum atomic E-state index is -0.496. The van der Waals surface area contributed by atoms with Gasteiger partial charge in [0.25, 0.3) is 5.91 Å². The number of ether oxygens (including phenoxy) is 1. The van der Waals surface area contributed by atoms with E-state index < -0.39 is 5.25 Å². The molecule has 38 heavy (non-hydrogen) atoms. The Morgan fingerprint density at radius 3 is 2.74 bits per heavy atom. The van der Waals surface area contributed by atoms with E-state index in [4.69, 9.17) is 4.74 Å². The van der Waals surface area contributed by atoms with Crippen LogP contribution >= 0.6 is 23.1 Å². The molecule has 0 radical (unpaired) electrons. The van der Waals surface area contributed by atoms with E-state index in [-0.39, 0.29) is 30.9 Å². The largest absolute Gasteiger partial charge is 0.462 e. The monoisotopic (exact) mass is 555 g/mol. The van der Waals surface area contributed by atoms with Crippen molar-refractivity contribution < 1.29 is 19.1 Å². The highest BCUT2D eigenvalue weighted by Crippen LogP contribution is 2.38. The molecule has 11 heteroatoms. The van der Waals surface area contributed by atoms with Gasteiger partial charge in [-0.2, -0.15) is 0 Å². The number of fused-ring (bicyclic) bond motifs is 1. The zero-order valence-corrected chi connectivity index (χ0v) is 23.8. The zero-order chi connectivity index (χ0) is 27.2. The third-order valence-electron chi connectivity index (χ3n) is 6.40. The van der Waals surface area contributed by atoms with Crippen LogP contribution in [-0.2, 0) is 36.0 Å². The van der Waals surface area contributed by atoms with Gasteiger partial charge < -0.3 is 19.9 Å². The molecule has 0 aliphatic heterocycles. The summed E-state index contributed by atoms with van der Waals surface area (Å²) in [6.07, 6.45) is 4.97. The molecule has 0 spiro atoms. The highest BCUT2D eigenvalue weighted by Gasteiger charge is 2.28. The van der Waals surface area contributed by atoms with Crippen LogP contribution in [0.15, 0.2) is 29.4 Å². The Morgan fingerprint density at radius 2 is 1.97 bits per heavy atom. The lowest BCUT2D eigenvalue weighted by Crippen LogP contribution is -2.25. The van der Waals surface area contributed by atoms with Gasteiger partial charge >= 0.3 is 5.97 Å². The third kappa shape index (κ3) is 6.44. The number of thioether (sulfide) groups is 1. The van der Waals surface area contributed by atoms with Crippen LogP contribution in [0.25, 0.3) is 0 Å². The second kappa shape index (κ2) is 12.6. The molecule has 9 nitrogen and oxygen atoms in total. The Kier molecular flexibility index (Phi) is 9.22. The van der Waals surface area contributed by atoms with Crippen molar-refractivity contribution >= 4 is 45.9 Å². The Balaban J connectivity index is 1.41. The SMILES string of the molecule is CCOC(=O)c1c(NC(=O)[C@@H](C)Sc2nnc(CNC(=O)c3cccc(C)c3)n2C)sc2c1CCCCC2. The number of carbonyl (C=O) groups excluding carboxylic acids is 3. The van der Waals surface area contributed by atoms with Gasteiger partial charge in [-0.25, -0.2) is 4.79 Å². The van der Waals surface area contributed by atoms with Crippen molar-refractivity contribution in [1.82, 2.24) is 20.1 Å². The average Bonchev–Trinajstić information content (AvgIpc) is 3.31. The summed E-state index contributed by atoms with van der Waals surface area (Å²) >= 11 is 2.75. The fraction of sp³-hybridized carbons (Fsp3) is 0.444. The summed E-state index contributed by atoms with van der Waals surface area (Å²) in [6.45, 7) is 6.00. The summed E-state index contributed by atoms with van der Waals surface area (Å²) in [7, 11) is 1.80. The maximum Gasteiger partial charge on any atom is 0.341 e. The normalized spacial score (nSPS) is 13.8. The van der Waals surface area contributed by atoms with Crippen LogP contribution in [0.4, 0.5) is 5.00 Å². The molecule has 0 unspecified atom stereocenters. The molecule has 1 aliphatic rings. The molecule has 1 atom stereocenters. The van der Waals surface area contributed by atoms with E-state index in [9.17, 15) is 14.4 Å². The van der Waals surface area contributed by atoms with Crippen LogP contribution in [0.1, 0.15) is 75.7 Å². The van der Waals surface area contributed by atoms with Gasteiger partial charge in [-0.3, -0.25) is 9.59 Å². The number of anilines is 1. The number of esters is 1. The Morgan fingerprint density at radius 1 is 1.18 bits per heavy atom. The van der Waals surface area contributed by atoms with Gasteiger partial charge in [-0.1, -0.05) is 35.9 Å². The van der Waals surface area contributed by atoms with Crippen molar-refractivity contribution in [2.45, 2.75) is 69.8 Å². The summed E-state index contributed by atoms with van der Waals surface area (Å²) in [5, 5.41) is 14.9. The first kappa shape index (κ1) is 27.8. The molecule has 2 aromatic heterocycles. The van der Waals surface area contributed by atoms with Gasteiger partial charge in [-0.05, 0) is 64.2 Å². The summed E-state index contributed by atoms with van der Waals surface area (Å²) in [6, 6.07) is 7.37. The van der Waals surface area contributed by atoms with E-state index in [0.29, 0.717) is 27.1 Å². The minimum Gasteiger partial charge on any atom is -0.462 e. The molecule has 0 saturated carbocycles. The standard InChI is InChI=1S/C27H33N5O4S2/c1-5-36-26(35)22-19-12-7-6-8-13-20(19)38-25(22)29-23(33)17(3)37-27-31-30-21(32(27)4)15-28-24(34)18-11-9-10-16(2)14-18/h9-11,14,17H,5-8,12-13,15H2,1-4H3,(H,28,34)(H,29,33)/t17-/m1/s1. The number of thiophene rings is 1. The quantitative estimate of drug-likeness (QED) is 0.224. The van der Waals surface area contributed by atoms with Gasteiger partial charge in [0.15, 0.2) is 11.0 Å². The molecule has 2 N–H and O–H groups in total. The van der Waals surface area contributed by atoms with Crippen LogP contribution in [0.3, 0.4) is 0 Å². The second-order valence-corrected chi connectivity index (χ2v) is 11.7. The number of carbonyl (C=O) groups is 3. The first-order valence-corrected chi connectivity index (χ1v) is 14.5. The number of aromatic nitrogens is 3. The predicted octanol–water partition coefficient (Wildman–Crippen LogP) is 4.68. The summed E-state index contributed by atoms with van der Waals surface area (Å²) in [5.74, 6) is -0.222. The van der Waals surface area contributed by atoms with Gasteiger partial charge in [0.1, 0.15) is 5.00 Å². The Bertz CT molecular complexity index is 1330. The molecule has 2 amide bonds. The molecule has 0 bridgehead atoms. The molecule has 0 fully saturated rings. The van der Waals surface area contributed by atoms with Crippen LogP contribution in [0.2, 0.25) is 0 Å². The van der Waals surface area contributed by atoms with E-state index in [0.717, 1.165) is 48.1 Å². The second-order valence-electron chi connectivity index (χ2n) is 9.25. The van der Waals surface area contributed by atoms with Gasteiger partial charge in [-0.15, -0.1) is 21.5 Å². The number of benzene rings is 1. The van der Waals surface area contributed by atoms with Crippen LogP contribution in [0.5, 0.6) is 0 Å². The number of amides is 2. The number of nitrogens with zero attached hydrogens (tertiary/aromatic N) is 3. The molecule has 1 aliphatic carbocycles. The fourth-order valence-electron chi connectivity index (χ4n) is 4.32. The van der Waals surface area contributed by atoms with Gasteiger partial charge in [0, 0.05) is 17.5 Å². The van der Waals surface area contributed by atoms with Crippen molar-refractivity contribution in [3.63, 3.8) is 0 Å². The first-order chi connectivity index (χ1) is 18.3. The molecule has 3 aromatic rings. The maximum atomic E-state index is 13.2. The smallest absolute Gasteiger partial charge is 0.341 e. The fourth-order valence-corrected chi connectivity index (χ4v) is 6.44. The lowest BCUT2D eigenvalue weighted by molar-refractivity contribution is -0.115. The van der Waals surface area contributed by atoms with Crippen molar-refractivity contribution in [3.05, 3.63) is 57.2 Å². The number of rotatable bonds is 9. The molecular weight excluding hydrogens is 522 g/mol. The highest BCUT2D eigenvalue weighted by molar-refractivity contribution is 8.00. The van der Waals surface area contributed by atoms with Crippen molar-refractivity contribution in [2.24, 2.45) is 7.05 Å². The number of hydrogen-bond acceptors (Lipinski definition) is 8. The lowest BCUT2D eigenvalue weighted by Gasteiger charge is -2.12. The number of hydrogen-bond donors (Lipinski definition) is 2. The highest BCUT2D eigenvalue weighted by atomic mass is 32.2. The minimum absolute atomic E-state index is 0.189. The van der Waals surface area contributed by atoms with E-state index in [2.05, 4.69) is 20.8 Å². The van der Waals surface area contributed by atoms with Crippen LogP contribution in [0, 0.1) is 6.92 Å². The average molecular weight is 556 g/mol. The van der Waals surface area contributed by atoms with Crippen molar-refractivity contribution in [2.75, 3.05) is 11.9 Å². The Hall–Kier alpha value is -3.18. The van der Waals surface area contributed by atoms with Crippen LogP contribution < -0.4 is 10.6 Å². The van der Waals surface area contributed by atoms with Crippen molar-refractivity contribution in [3.8, 4) is 0 Å². The summed E-state index contributed by atoms with van der Waals surface area (Å²) in [5.41, 5.74) is 3.12. The predicted molar refractivity (Wildman–Crippen MR) is 149 cm³/mol. The number of nitrogens with one attached hydrogen (secondary N) is 2. The summed E-state index contributed by atoms with van der Waals surface area (Å²) in [4.78, 5) is 39.6. The van der Waals surface area contributed by atoms with E-state index in [1.54, 1.807) is 31.5 Å². The van der Waals surface area contributed by atoms with Crippen LogP contribution in [-0.4, -0.2) is 44.4 Å². The molecule has 1 aromatic carbocycles. The molecule has 0 saturated heterocycles. The van der Waals surface area contributed by atoms with E-state index in [1.165, 1.54) is 23.1 Å². The summed E-state index contributed by atoms with van der Waals surface area (Å²) < 4.78 is 7.09. The first-order valence-electron chi connectivity index (χ1n) is 12.8. The van der Waals surface area contributed by atoms with Gasteiger partial charge in [0.2, 0.25) is 5.91 Å². The molecule has 202 valence electrons. The zero-order valence-electron chi connectivity index (χ0n) is 22.1. The van der Waals surface area contributed by atoms with E-state index in [1.807, 2.05) is 25.1 Å². The lowest BCUT2D eigenvalue weighted by atomic mass is 10.1. The van der Waals surface area contributed by atoms with Crippen molar-refractivity contribution in [1.29, 1.82) is 0 Å². The number of aryl methyl sites for hydroxylation is 2. The maximum absolute atomic E-state index is 13.2. The van der Waals surface area contributed by atoms with Gasteiger partial charge in [0.05, 0.1) is 24.0 Å². The molecule has 4 rings (SSSR count). The topological polar surface area (TPSA) is 115 Å². The molecular formula is C27H33N5O4S2. The Labute approximate surface area is 230 Å².